The van der Waals surface area contributed by atoms with E-state index in [9.17, 15) is 24.3 Å². The zero-order valence-corrected chi connectivity index (χ0v) is 19.3. The number of carboxylic acid groups (broad SMARTS) is 1. The van der Waals surface area contributed by atoms with E-state index in [1.165, 1.54) is 4.90 Å². The molecule has 8 heteroatoms. The number of hydrogen-bond donors (Lipinski definition) is 2. The smallest absolute Gasteiger partial charge is 0.326 e. The van der Waals surface area contributed by atoms with Gasteiger partial charge in [-0.25, -0.2) is 4.79 Å². The number of carboxylic acids is 1. The minimum Gasteiger partial charge on any atom is -0.480 e. The van der Waals surface area contributed by atoms with Crippen LogP contribution in [0.2, 0.25) is 0 Å². The van der Waals surface area contributed by atoms with Gasteiger partial charge in [-0.2, -0.15) is 0 Å². The Labute approximate surface area is 189 Å². The molecule has 1 heterocycles. The van der Waals surface area contributed by atoms with E-state index in [-0.39, 0.29) is 6.42 Å². The number of aryl methyl sites for hydroxylation is 1. The molecule has 1 saturated heterocycles. The maximum atomic E-state index is 13.0. The number of likely N-dealkylation sites (tertiary alicyclic amines) is 1. The molecule has 1 aromatic carbocycles. The number of hydrogen-bond acceptors (Lipinski definition) is 5. The quantitative estimate of drug-likeness (QED) is 0.564. The zero-order valence-electron chi connectivity index (χ0n) is 19.3. The van der Waals surface area contributed by atoms with Crippen molar-refractivity contribution in [1.29, 1.82) is 0 Å². The third-order valence-electron chi connectivity index (χ3n) is 5.38. The molecular formula is C24H34N2O6. The van der Waals surface area contributed by atoms with Gasteiger partial charge in [0.2, 0.25) is 11.8 Å². The van der Waals surface area contributed by atoms with Crippen LogP contribution in [0.5, 0.6) is 0 Å². The van der Waals surface area contributed by atoms with Crippen LogP contribution in [0.15, 0.2) is 30.3 Å². The molecule has 1 aromatic rings. The highest BCUT2D eigenvalue weighted by Crippen LogP contribution is 2.20. The van der Waals surface area contributed by atoms with Crippen molar-refractivity contribution in [1.82, 2.24) is 10.2 Å². The second-order valence-electron chi connectivity index (χ2n) is 9.27. The van der Waals surface area contributed by atoms with Gasteiger partial charge in [0.05, 0.1) is 6.42 Å². The van der Waals surface area contributed by atoms with E-state index in [0.717, 1.165) is 5.56 Å². The monoisotopic (exact) mass is 446 g/mol. The van der Waals surface area contributed by atoms with Crippen LogP contribution in [-0.4, -0.2) is 58.0 Å². The highest BCUT2D eigenvalue weighted by molar-refractivity contribution is 5.92. The van der Waals surface area contributed by atoms with Gasteiger partial charge in [0, 0.05) is 12.5 Å². The summed E-state index contributed by atoms with van der Waals surface area (Å²) in [6, 6.07) is 7.88. The molecule has 0 spiro atoms. The first kappa shape index (κ1) is 25.4. The summed E-state index contributed by atoms with van der Waals surface area (Å²) in [7, 11) is 0. The number of nitrogens with one attached hydrogen (secondary N) is 1. The molecule has 1 unspecified atom stereocenters. The predicted molar refractivity (Wildman–Crippen MR) is 119 cm³/mol. The Morgan fingerprint density at radius 2 is 1.84 bits per heavy atom. The summed E-state index contributed by atoms with van der Waals surface area (Å²) in [5.41, 5.74) is 0.377. The van der Waals surface area contributed by atoms with Crippen molar-refractivity contribution in [3.63, 3.8) is 0 Å². The Kier molecular flexibility index (Phi) is 8.80. The van der Waals surface area contributed by atoms with Crippen molar-refractivity contribution in [2.75, 3.05) is 6.54 Å². The summed E-state index contributed by atoms with van der Waals surface area (Å²) in [5.74, 6) is -3.04. The Morgan fingerprint density at radius 3 is 2.44 bits per heavy atom. The maximum Gasteiger partial charge on any atom is 0.326 e. The lowest BCUT2D eigenvalue weighted by molar-refractivity contribution is -0.157. The highest BCUT2D eigenvalue weighted by atomic mass is 16.6. The van der Waals surface area contributed by atoms with E-state index < -0.39 is 47.4 Å². The van der Waals surface area contributed by atoms with Crippen LogP contribution in [0.4, 0.5) is 0 Å². The average Bonchev–Trinajstić information content (AvgIpc) is 3.20. The zero-order chi connectivity index (χ0) is 23.9. The summed E-state index contributed by atoms with van der Waals surface area (Å²) in [4.78, 5) is 50.9. The fraction of sp³-hybridized carbons (Fsp3) is 0.583. The third-order valence-corrected chi connectivity index (χ3v) is 5.38. The Bertz CT molecular complexity index is 818. The van der Waals surface area contributed by atoms with Crippen molar-refractivity contribution >= 4 is 23.8 Å². The van der Waals surface area contributed by atoms with Crippen molar-refractivity contribution in [2.45, 2.75) is 77.5 Å². The first-order valence-electron chi connectivity index (χ1n) is 11.1. The number of nitrogens with zero attached hydrogens (tertiary/aromatic N) is 1. The SMILES string of the molecule is C[C@H](NC(=O)C(CCc1ccccc1)CC(=O)OC(C)(C)C)C(=O)N1CCC[C@H]1C(=O)O. The minimum atomic E-state index is -1.04. The molecule has 3 atom stereocenters. The molecule has 0 aromatic heterocycles. The van der Waals surface area contributed by atoms with Gasteiger partial charge in [-0.1, -0.05) is 30.3 Å². The fourth-order valence-corrected chi connectivity index (χ4v) is 3.82. The van der Waals surface area contributed by atoms with E-state index in [1.807, 2.05) is 30.3 Å². The van der Waals surface area contributed by atoms with Crippen LogP contribution in [0.25, 0.3) is 0 Å². The van der Waals surface area contributed by atoms with Crippen molar-refractivity contribution in [3.8, 4) is 0 Å². The lowest BCUT2D eigenvalue weighted by Crippen LogP contribution is -2.51. The number of carbonyl (C=O) groups excluding carboxylic acids is 3. The number of benzene rings is 1. The van der Waals surface area contributed by atoms with Gasteiger partial charge < -0.3 is 20.1 Å². The summed E-state index contributed by atoms with van der Waals surface area (Å²) in [6.07, 6.45) is 1.93. The molecule has 0 saturated carbocycles. The van der Waals surface area contributed by atoms with Crippen LogP contribution in [0.3, 0.4) is 0 Å². The van der Waals surface area contributed by atoms with Crippen LogP contribution >= 0.6 is 0 Å². The predicted octanol–water partition coefficient (Wildman–Crippen LogP) is 2.55. The molecule has 1 fully saturated rings. The van der Waals surface area contributed by atoms with Gasteiger partial charge in [-0.3, -0.25) is 14.4 Å². The van der Waals surface area contributed by atoms with Crippen molar-refractivity contribution in [3.05, 3.63) is 35.9 Å². The van der Waals surface area contributed by atoms with Crippen molar-refractivity contribution in [2.24, 2.45) is 5.92 Å². The topological polar surface area (TPSA) is 113 Å². The molecule has 32 heavy (non-hydrogen) atoms. The standard InChI is InChI=1S/C24H34N2O6/c1-16(22(29)26-14-8-11-19(26)23(30)31)25-21(28)18(15-20(27)32-24(2,3)4)13-12-17-9-6-5-7-10-17/h5-7,9-10,16,18-19H,8,11-15H2,1-4H3,(H,25,28)(H,30,31)/t16-,18?,19-/m0/s1. The summed E-state index contributed by atoms with van der Waals surface area (Å²) in [6.45, 7) is 7.18. The highest BCUT2D eigenvalue weighted by Gasteiger charge is 2.37. The summed E-state index contributed by atoms with van der Waals surface area (Å²) < 4.78 is 5.39. The fourth-order valence-electron chi connectivity index (χ4n) is 3.82. The average molecular weight is 447 g/mol. The number of aliphatic carboxylic acids is 1. The molecule has 1 aliphatic heterocycles. The molecule has 2 N–H and O–H groups in total. The molecule has 2 amide bonds. The summed E-state index contributed by atoms with van der Waals surface area (Å²) >= 11 is 0. The van der Waals surface area contributed by atoms with Gasteiger partial charge in [0.1, 0.15) is 17.7 Å². The van der Waals surface area contributed by atoms with E-state index >= 15 is 0 Å². The Balaban J connectivity index is 2.05. The van der Waals surface area contributed by atoms with Crippen molar-refractivity contribution < 1.29 is 29.0 Å². The first-order chi connectivity index (χ1) is 15.0. The normalized spacial score (nSPS) is 18.0. The lowest BCUT2D eigenvalue weighted by atomic mass is 9.95. The Hall–Kier alpha value is -2.90. The molecule has 8 nitrogen and oxygen atoms in total. The summed E-state index contributed by atoms with van der Waals surface area (Å²) in [5, 5.41) is 12.0. The molecule has 0 bridgehead atoms. The number of carbonyl (C=O) groups is 4. The number of ether oxygens (including phenoxy) is 1. The van der Waals surface area contributed by atoms with Gasteiger partial charge >= 0.3 is 11.9 Å². The molecule has 1 aliphatic rings. The van der Waals surface area contributed by atoms with Gasteiger partial charge in [0.25, 0.3) is 0 Å². The van der Waals surface area contributed by atoms with E-state index in [4.69, 9.17) is 4.74 Å². The molecule has 176 valence electrons. The third kappa shape index (κ3) is 7.66. The Morgan fingerprint density at radius 1 is 1.19 bits per heavy atom. The lowest BCUT2D eigenvalue weighted by Gasteiger charge is -2.27. The number of amides is 2. The van der Waals surface area contributed by atoms with E-state index in [0.29, 0.717) is 32.2 Å². The van der Waals surface area contributed by atoms with Gasteiger partial charge in [-0.15, -0.1) is 0 Å². The van der Waals surface area contributed by atoms with E-state index in [2.05, 4.69) is 5.32 Å². The van der Waals surface area contributed by atoms with Crippen LogP contribution < -0.4 is 5.32 Å². The molecular weight excluding hydrogens is 412 g/mol. The largest absolute Gasteiger partial charge is 0.480 e. The second kappa shape index (κ2) is 11.1. The number of esters is 1. The van der Waals surface area contributed by atoms with Gasteiger partial charge in [-0.05, 0) is 58.9 Å². The van der Waals surface area contributed by atoms with Crippen LogP contribution in [0.1, 0.15) is 58.9 Å². The first-order valence-corrected chi connectivity index (χ1v) is 11.1. The molecule has 0 aliphatic carbocycles. The maximum absolute atomic E-state index is 13.0. The number of rotatable bonds is 9. The molecule has 2 rings (SSSR count). The minimum absolute atomic E-state index is 0.0989. The molecule has 0 radical (unpaired) electrons. The van der Waals surface area contributed by atoms with Crippen LogP contribution in [-0.2, 0) is 30.3 Å². The van der Waals surface area contributed by atoms with E-state index in [1.54, 1.807) is 27.7 Å². The second-order valence-corrected chi connectivity index (χ2v) is 9.27. The van der Waals surface area contributed by atoms with Gasteiger partial charge in [0.15, 0.2) is 0 Å². The van der Waals surface area contributed by atoms with Crippen LogP contribution in [0, 0.1) is 5.92 Å².